The van der Waals surface area contributed by atoms with E-state index in [9.17, 15) is 4.79 Å². The molecule has 1 amide bonds. The van der Waals surface area contributed by atoms with Crippen LogP contribution in [0, 0.1) is 0 Å². The highest BCUT2D eigenvalue weighted by atomic mass is 16.5. The standard InChI is InChI=1S/C28H30N2O2/c31-28(30-19-26(20-30)29-16-15-24-10-4-5-11-25(24)18-29)14-13-22-9-6-12-27(17-22)32-21-23-7-2-1-3-8-23/h1-12,17,26H,13-16,18-21H2. The maximum Gasteiger partial charge on any atom is 0.223 e. The second-order valence-corrected chi connectivity index (χ2v) is 8.86. The zero-order chi connectivity index (χ0) is 21.8. The molecule has 3 aromatic rings. The molecule has 0 spiro atoms. The highest BCUT2D eigenvalue weighted by Gasteiger charge is 2.35. The van der Waals surface area contributed by atoms with E-state index in [1.54, 1.807) is 0 Å². The van der Waals surface area contributed by atoms with Crippen molar-refractivity contribution in [2.24, 2.45) is 0 Å². The average Bonchev–Trinajstić information content (AvgIpc) is 2.81. The largest absolute Gasteiger partial charge is 0.489 e. The molecule has 1 saturated heterocycles. The van der Waals surface area contributed by atoms with Crippen LogP contribution in [0.2, 0.25) is 0 Å². The first-order valence-electron chi connectivity index (χ1n) is 11.6. The first-order chi connectivity index (χ1) is 15.7. The quantitative estimate of drug-likeness (QED) is 0.559. The van der Waals surface area contributed by atoms with Crippen LogP contribution < -0.4 is 4.74 Å². The Labute approximate surface area is 190 Å². The summed E-state index contributed by atoms with van der Waals surface area (Å²) in [6.07, 6.45) is 2.42. The van der Waals surface area contributed by atoms with Gasteiger partial charge in [0.15, 0.2) is 0 Å². The van der Waals surface area contributed by atoms with Crippen molar-refractivity contribution in [2.45, 2.75) is 38.5 Å². The van der Waals surface area contributed by atoms with Gasteiger partial charge in [0.25, 0.3) is 0 Å². The van der Waals surface area contributed by atoms with Gasteiger partial charge in [-0.25, -0.2) is 0 Å². The molecule has 0 unspecified atom stereocenters. The Morgan fingerprint density at radius 3 is 2.47 bits per heavy atom. The second kappa shape index (κ2) is 9.58. The van der Waals surface area contributed by atoms with Crippen molar-refractivity contribution in [3.63, 3.8) is 0 Å². The number of hydrogen-bond donors (Lipinski definition) is 0. The number of rotatable bonds is 7. The van der Waals surface area contributed by atoms with Crippen LogP contribution in [0.4, 0.5) is 0 Å². The van der Waals surface area contributed by atoms with Crippen molar-refractivity contribution in [1.82, 2.24) is 9.80 Å². The molecule has 1 fully saturated rings. The maximum absolute atomic E-state index is 12.7. The molecule has 4 nitrogen and oxygen atoms in total. The van der Waals surface area contributed by atoms with E-state index in [-0.39, 0.29) is 5.91 Å². The van der Waals surface area contributed by atoms with Crippen LogP contribution in [0.1, 0.15) is 28.7 Å². The first-order valence-corrected chi connectivity index (χ1v) is 11.6. The third kappa shape index (κ3) is 4.86. The molecule has 0 bridgehead atoms. The summed E-state index contributed by atoms with van der Waals surface area (Å²) in [5.74, 6) is 1.11. The van der Waals surface area contributed by atoms with Crippen LogP contribution in [-0.2, 0) is 30.8 Å². The third-order valence-corrected chi connectivity index (χ3v) is 6.67. The lowest BCUT2D eigenvalue weighted by Gasteiger charge is -2.47. The lowest BCUT2D eigenvalue weighted by Crippen LogP contribution is -2.61. The van der Waals surface area contributed by atoms with Crippen molar-refractivity contribution < 1.29 is 9.53 Å². The van der Waals surface area contributed by atoms with Crippen LogP contribution in [0.5, 0.6) is 5.75 Å². The van der Waals surface area contributed by atoms with Crippen molar-refractivity contribution >= 4 is 5.91 Å². The number of hydrogen-bond acceptors (Lipinski definition) is 3. The fraction of sp³-hybridized carbons (Fsp3) is 0.321. The molecule has 0 N–H and O–H groups in total. The zero-order valence-electron chi connectivity index (χ0n) is 18.5. The number of likely N-dealkylation sites (tertiary alicyclic amines) is 1. The fourth-order valence-corrected chi connectivity index (χ4v) is 4.66. The summed E-state index contributed by atoms with van der Waals surface area (Å²) in [6.45, 7) is 4.39. The molecular weight excluding hydrogens is 396 g/mol. The van der Waals surface area contributed by atoms with Gasteiger partial charge in [0.05, 0.1) is 0 Å². The normalized spacial score (nSPS) is 16.3. The van der Waals surface area contributed by atoms with Gasteiger partial charge in [-0.1, -0.05) is 66.7 Å². The summed E-state index contributed by atoms with van der Waals surface area (Å²) in [6, 6.07) is 27.5. The summed E-state index contributed by atoms with van der Waals surface area (Å²) < 4.78 is 5.92. The van der Waals surface area contributed by atoms with Crippen LogP contribution in [0.3, 0.4) is 0 Å². The van der Waals surface area contributed by atoms with Gasteiger partial charge in [-0.05, 0) is 47.2 Å². The van der Waals surface area contributed by atoms with E-state index in [1.807, 2.05) is 35.2 Å². The summed E-state index contributed by atoms with van der Waals surface area (Å²) in [7, 11) is 0. The van der Waals surface area contributed by atoms with Crippen molar-refractivity contribution in [3.8, 4) is 5.75 Å². The summed E-state index contributed by atoms with van der Waals surface area (Å²) in [5.41, 5.74) is 5.22. The van der Waals surface area contributed by atoms with Crippen molar-refractivity contribution in [2.75, 3.05) is 19.6 Å². The molecule has 0 radical (unpaired) electrons. The number of aryl methyl sites for hydroxylation is 1. The van der Waals surface area contributed by atoms with E-state index >= 15 is 0 Å². The number of carbonyl (C=O) groups is 1. The van der Waals surface area contributed by atoms with Gasteiger partial charge in [0, 0.05) is 38.6 Å². The predicted octanol–water partition coefficient (Wildman–Crippen LogP) is 4.47. The summed E-state index contributed by atoms with van der Waals surface area (Å²) in [4.78, 5) is 17.3. The molecule has 0 aliphatic carbocycles. The number of carbonyl (C=O) groups excluding carboxylic acids is 1. The van der Waals surface area contributed by atoms with Crippen LogP contribution in [0.25, 0.3) is 0 Å². The predicted molar refractivity (Wildman–Crippen MR) is 126 cm³/mol. The molecule has 2 aliphatic heterocycles. The topological polar surface area (TPSA) is 32.8 Å². The number of ether oxygens (including phenoxy) is 1. The van der Waals surface area contributed by atoms with Crippen LogP contribution >= 0.6 is 0 Å². The fourth-order valence-electron chi connectivity index (χ4n) is 4.66. The second-order valence-electron chi connectivity index (χ2n) is 8.86. The van der Waals surface area contributed by atoms with Crippen molar-refractivity contribution in [3.05, 3.63) is 101 Å². The van der Waals surface area contributed by atoms with Gasteiger partial charge in [-0.15, -0.1) is 0 Å². The van der Waals surface area contributed by atoms with Gasteiger partial charge in [0.1, 0.15) is 12.4 Å². The van der Waals surface area contributed by atoms with E-state index in [0.29, 0.717) is 19.1 Å². The van der Waals surface area contributed by atoms with E-state index in [0.717, 1.165) is 55.9 Å². The zero-order valence-corrected chi connectivity index (χ0v) is 18.5. The van der Waals surface area contributed by atoms with E-state index in [4.69, 9.17) is 4.74 Å². The monoisotopic (exact) mass is 426 g/mol. The molecule has 5 rings (SSSR count). The summed E-state index contributed by atoms with van der Waals surface area (Å²) in [5, 5.41) is 0. The minimum absolute atomic E-state index is 0.259. The Morgan fingerprint density at radius 1 is 0.875 bits per heavy atom. The molecule has 4 heteroatoms. The molecule has 0 saturated carbocycles. The van der Waals surface area contributed by atoms with Gasteiger partial charge >= 0.3 is 0 Å². The van der Waals surface area contributed by atoms with E-state index < -0.39 is 0 Å². The number of nitrogens with zero attached hydrogens (tertiary/aromatic N) is 2. The molecule has 2 aliphatic rings. The lowest BCUT2D eigenvalue weighted by atomic mass is 9.96. The molecule has 164 valence electrons. The minimum atomic E-state index is 0.259. The number of amides is 1. The molecule has 32 heavy (non-hydrogen) atoms. The molecule has 2 heterocycles. The summed E-state index contributed by atoms with van der Waals surface area (Å²) >= 11 is 0. The third-order valence-electron chi connectivity index (χ3n) is 6.67. The molecule has 3 aromatic carbocycles. The Balaban J connectivity index is 1.07. The van der Waals surface area contributed by atoms with Crippen molar-refractivity contribution in [1.29, 1.82) is 0 Å². The van der Waals surface area contributed by atoms with Gasteiger partial charge in [-0.3, -0.25) is 9.69 Å². The SMILES string of the molecule is O=C(CCc1cccc(OCc2ccccc2)c1)N1CC(N2CCc3ccccc3C2)C1. The Kier molecular flexibility index (Phi) is 6.22. The highest BCUT2D eigenvalue weighted by Crippen LogP contribution is 2.25. The van der Waals surface area contributed by atoms with E-state index in [1.165, 1.54) is 11.1 Å². The van der Waals surface area contributed by atoms with E-state index in [2.05, 4.69) is 53.4 Å². The average molecular weight is 427 g/mol. The van der Waals surface area contributed by atoms with Gasteiger partial charge < -0.3 is 9.64 Å². The van der Waals surface area contributed by atoms with Gasteiger partial charge in [-0.2, -0.15) is 0 Å². The molecule has 0 aromatic heterocycles. The Hall–Kier alpha value is -3.11. The van der Waals surface area contributed by atoms with Crippen LogP contribution in [-0.4, -0.2) is 41.4 Å². The minimum Gasteiger partial charge on any atom is -0.489 e. The van der Waals surface area contributed by atoms with Gasteiger partial charge in [0.2, 0.25) is 5.91 Å². The highest BCUT2D eigenvalue weighted by molar-refractivity contribution is 5.77. The molecular formula is C28H30N2O2. The molecule has 0 atom stereocenters. The smallest absolute Gasteiger partial charge is 0.223 e. The van der Waals surface area contributed by atoms with Crippen LogP contribution in [0.15, 0.2) is 78.9 Å². The first kappa shape index (κ1) is 20.8. The lowest BCUT2D eigenvalue weighted by molar-refractivity contribution is -0.138. The Bertz CT molecular complexity index is 1060. The number of benzene rings is 3. The maximum atomic E-state index is 12.7. The number of fused-ring (bicyclic) bond motifs is 1. The Morgan fingerprint density at radius 2 is 1.62 bits per heavy atom.